The molecule has 0 saturated heterocycles. The lowest BCUT2D eigenvalue weighted by molar-refractivity contribution is 0.0219. The van der Waals surface area contributed by atoms with Crippen LogP contribution in [0.3, 0.4) is 0 Å². The Hall–Kier alpha value is -2.52. The van der Waals surface area contributed by atoms with Gasteiger partial charge in [-0.2, -0.15) is 4.98 Å². The largest absolute Gasteiger partial charge is 0.609 e. The van der Waals surface area contributed by atoms with Gasteiger partial charge in [0, 0.05) is 23.3 Å². The molecule has 1 aliphatic rings. The Labute approximate surface area is 172 Å². The van der Waals surface area contributed by atoms with Gasteiger partial charge >= 0.3 is 11.2 Å². The maximum atomic E-state index is 13.3. The molecular weight excluding hydrogens is 394 g/mol. The summed E-state index contributed by atoms with van der Waals surface area (Å²) in [6.07, 6.45) is 1.35. The molecule has 0 fully saturated rings. The maximum absolute atomic E-state index is 13.3. The first-order valence-electron chi connectivity index (χ1n) is 9.22. The summed E-state index contributed by atoms with van der Waals surface area (Å²) in [4.78, 5) is 31.7. The summed E-state index contributed by atoms with van der Waals surface area (Å²) in [5.41, 5.74) is 0.519. The third kappa shape index (κ3) is 4.40. The molecule has 1 atom stereocenters. The summed E-state index contributed by atoms with van der Waals surface area (Å²) < 4.78 is 24.6. The molecule has 29 heavy (non-hydrogen) atoms. The molecule has 0 N–H and O–H groups in total. The van der Waals surface area contributed by atoms with E-state index in [1.165, 1.54) is 22.8 Å². The van der Waals surface area contributed by atoms with Crippen molar-refractivity contribution < 1.29 is 18.8 Å². The summed E-state index contributed by atoms with van der Waals surface area (Å²) in [6, 6.07) is 7.02. The molecule has 9 heteroatoms. The van der Waals surface area contributed by atoms with Crippen molar-refractivity contribution in [3.8, 4) is 11.4 Å². The smallest absolute Gasteiger partial charge is 0.410 e. The highest BCUT2D eigenvalue weighted by Crippen LogP contribution is 2.25. The summed E-state index contributed by atoms with van der Waals surface area (Å²) in [7, 11) is 1.51. The lowest BCUT2D eigenvalue weighted by Gasteiger charge is -2.30. The molecular formula is C20H25N3O5S. The van der Waals surface area contributed by atoms with Gasteiger partial charge in [-0.1, -0.05) is 12.1 Å². The van der Waals surface area contributed by atoms with E-state index in [0.717, 1.165) is 0 Å². The number of carbonyl (C=O) groups excluding carboxylic acids is 1. The van der Waals surface area contributed by atoms with Crippen molar-refractivity contribution in [2.45, 2.75) is 44.5 Å². The van der Waals surface area contributed by atoms with Gasteiger partial charge in [-0.15, -0.1) is 0 Å². The number of nitrogens with zero attached hydrogens (tertiary/aromatic N) is 3. The number of rotatable bonds is 3. The van der Waals surface area contributed by atoms with Crippen LogP contribution in [0.1, 0.15) is 32.0 Å². The fourth-order valence-corrected chi connectivity index (χ4v) is 3.85. The number of carbonyl (C=O) groups is 1. The van der Waals surface area contributed by atoms with E-state index in [-0.39, 0.29) is 17.3 Å². The van der Waals surface area contributed by atoms with E-state index in [4.69, 9.17) is 9.47 Å². The molecule has 2 aromatic rings. The van der Waals surface area contributed by atoms with Gasteiger partial charge in [0.15, 0.2) is 0 Å². The van der Waals surface area contributed by atoms with Gasteiger partial charge < -0.3 is 18.9 Å². The molecule has 156 valence electrons. The van der Waals surface area contributed by atoms with Crippen molar-refractivity contribution in [3.63, 3.8) is 0 Å². The van der Waals surface area contributed by atoms with Crippen molar-refractivity contribution in [2.75, 3.05) is 19.9 Å². The normalized spacial score (nSPS) is 14.9. The van der Waals surface area contributed by atoms with Crippen molar-refractivity contribution in [2.24, 2.45) is 0 Å². The molecule has 1 aromatic heterocycles. The van der Waals surface area contributed by atoms with E-state index in [1.807, 2.05) is 0 Å². The molecule has 1 unspecified atom stereocenters. The maximum Gasteiger partial charge on any atom is 0.410 e. The van der Waals surface area contributed by atoms with Crippen LogP contribution in [0.15, 0.2) is 34.2 Å². The average molecular weight is 420 g/mol. The summed E-state index contributed by atoms with van der Waals surface area (Å²) in [5.74, 6) is 0.481. The van der Waals surface area contributed by atoms with Gasteiger partial charge in [0.2, 0.25) is 0 Å². The summed E-state index contributed by atoms with van der Waals surface area (Å²) in [5, 5.41) is 0.115. The molecule has 0 radical (unpaired) electrons. The van der Waals surface area contributed by atoms with Crippen LogP contribution in [0.25, 0.3) is 5.69 Å². The third-order valence-corrected chi connectivity index (χ3v) is 5.23. The standard InChI is InChI=1S/C20H25N3O5S/c1-20(2,3)28-19(25)22-11-10-13-14(12-22)21-18(29(5)26)23(17(13)24)15-8-6-7-9-16(15)27-4/h6-9H,10-12H2,1-5H3. The second kappa shape index (κ2) is 8.08. The molecule has 0 aliphatic carbocycles. The molecule has 0 saturated carbocycles. The SMILES string of the molecule is COc1ccccc1-n1c([S+](C)[O-])nc2c(c1=O)CCN(C(=O)OC(C)(C)C)C2. The Morgan fingerprint density at radius 2 is 1.97 bits per heavy atom. The van der Waals surface area contributed by atoms with Gasteiger partial charge in [-0.05, 0) is 39.3 Å². The monoisotopic (exact) mass is 419 g/mol. The fraction of sp³-hybridized carbons (Fsp3) is 0.450. The Bertz CT molecular complexity index is 981. The summed E-state index contributed by atoms with van der Waals surface area (Å²) >= 11 is -1.54. The van der Waals surface area contributed by atoms with Crippen molar-refractivity contribution in [1.29, 1.82) is 0 Å². The Balaban J connectivity index is 2.07. The van der Waals surface area contributed by atoms with Gasteiger partial charge in [-0.3, -0.25) is 4.79 Å². The lowest BCUT2D eigenvalue weighted by Crippen LogP contribution is -2.43. The Morgan fingerprint density at radius 1 is 1.28 bits per heavy atom. The molecule has 8 nitrogen and oxygen atoms in total. The molecule has 2 heterocycles. The first-order valence-corrected chi connectivity index (χ1v) is 10.8. The van der Waals surface area contributed by atoms with E-state index in [0.29, 0.717) is 35.7 Å². The second-order valence-electron chi connectivity index (χ2n) is 7.74. The second-order valence-corrected chi connectivity index (χ2v) is 9.01. The van der Waals surface area contributed by atoms with Crippen LogP contribution >= 0.6 is 0 Å². The quantitative estimate of drug-likeness (QED) is 0.559. The highest BCUT2D eigenvalue weighted by molar-refractivity contribution is 7.90. The van der Waals surface area contributed by atoms with Crippen LogP contribution in [0.2, 0.25) is 0 Å². The number of aromatic nitrogens is 2. The molecule has 1 aromatic carbocycles. The van der Waals surface area contributed by atoms with Crippen LogP contribution in [0.4, 0.5) is 4.79 Å². The van der Waals surface area contributed by atoms with Crippen LogP contribution in [-0.2, 0) is 28.9 Å². The van der Waals surface area contributed by atoms with Crippen LogP contribution in [0, 0.1) is 0 Å². The van der Waals surface area contributed by atoms with Crippen LogP contribution in [0.5, 0.6) is 5.75 Å². The van der Waals surface area contributed by atoms with E-state index in [2.05, 4.69) is 4.98 Å². The minimum atomic E-state index is -1.54. The zero-order valence-electron chi connectivity index (χ0n) is 17.2. The van der Waals surface area contributed by atoms with Gasteiger partial charge in [0.1, 0.15) is 17.6 Å². The minimum absolute atomic E-state index is 0.115. The fourth-order valence-electron chi connectivity index (χ4n) is 3.17. The van der Waals surface area contributed by atoms with Crippen LogP contribution in [-0.4, -0.2) is 50.6 Å². The zero-order valence-corrected chi connectivity index (χ0v) is 18.0. The first kappa shape index (κ1) is 21.2. The molecule has 3 rings (SSSR count). The Kier molecular flexibility index (Phi) is 5.90. The number of amides is 1. The van der Waals surface area contributed by atoms with Crippen molar-refractivity contribution in [3.05, 3.63) is 45.9 Å². The highest BCUT2D eigenvalue weighted by Gasteiger charge is 2.31. The topological polar surface area (TPSA) is 96.7 Å². The zero-order chi connectivity index (χ0) is 21.3. The number of hydrogen-bond donors (Lipinski definition) is 0. The van der Waals surface area contributed by atoms with Crippen molar-refractivity contribution >= 4 is 17.3 Å². The van der Waals surface area contributed by atoms with Gasteiger partial charge in [-0.25, -0.2) is 9.36 Å². The summed E-state index contributed by atoms with van der Waals surface area (Å²) in [6.45, 7) is 5.87. The minimum Gasteiger partial charge on any atom is -0.609 e. The molecule has 1 amide bonds. The lowest BCUT2D eigenvalue weighted by atomic mass is 10.1. The van der Waals surface area contributed by atoms with E-state index < -0.39 is 22.9 Å². The van der Waals surface area contributed by atoms with Crippen LogP contribution < -0.4 is 10.3 Å². The predicted molar refractivity (Wildman–Crippen MR) is 109 cm³/mol. The third-order valence-electron chi connectivity index (χ3n) is 4.44. The van der Waals surface area contributed by atoms with Crippen molar-refractivity contribution in [1.82, 2.24) is 14.5 Å². The Morgan fingerprint density at radius 3 is 2.59 bits per heavy atom. The van der Waals surface area contributed by atoms with Gasteiger partial charge in [0.05, 0.1) is 25.0 Å². The number of hydrogen-bond acceptors (Lipinski definition) is 6. The van der Waals surface area contributed by atoms with E-state index >= 15 is 0 Å². The number of ether oxygens (including phenoxy) is 2. The number of benzene rings is 1. The highest BCUT2D eigenvalue weighted by atomic mass is 32.2. The molecule has 1 aliphatic heterocycles. The number of para-hydroxylation sites is 2. The van der Waals surface area contributed by atoms with Gasteiger partial charge in [0.25, 0.3) is 5.56 Å². The van der Waals surface area contributed by atoms with E-state index in [9.17, 15) is 14.1 Å². The molecule has 0 spiro atoms. The number of fused-ring (bicyclic) bond motifs is 1. The first-order chi connectivity index (χ1) is 13.6. The average Bonchev–Trinajstić information content (AvgIpc) is 2.66. The number of methoxy groups -OCH3 is 1. The van der Waals surface area contributed by atoms with E-state index in [1.54, 1.807) is 45.0 Å². The predicted octanol–water partition coefficient (Wildman–Crippen LogP) is 2.27. The molecule has 0 bridgehead atoms.